The van der Waals surface area contributed by atoms with Gasteiger partial charge in [0, 0.05) is 55.2 Å². The van der Waals surface area contributed by atoms with Gasteiger partial charge in [-0.25, -0.2) is 9.97 Å². The molecule has 1 aromatic heterocycles. The van der Waals surface area contributed by atoms with Gasteiger partial charge < -0.3 is 19.6 Å². The van der Waals surface area contributed by atoms with Crippen molar-refractivity contribution in [2.24, 2.45) is 0 Å². The van der Waals surface area contributed by atoms with Gasteiger partial charge in [-0.05, 0) is 72.9 Å². The molecule has 4 aromatic rings. The van der Waals surface area contributed by atoms with Crippen LogP contribution in [0.25, 0.3) is 22.3 Å². The van der Waals surface area contributed by atoms with Crippen molar-refractivity contribution in [2.45, 2.75) is 18.8 Å². The number of piperidine rings is 1. The maximum Gasteiger partial charge on any atom is 0.159 e. The predicted octanol–water partition coefficient (Wildman–Crippen LogP) is 5.12. The monoisotopic (exact) mass is 468 g/mol. The first-order valence-electron chi connectivity index (χ1n) is 12.2. The molecule has 1 aliphatic heterocycles. The van der Waals surface area contributed by atoms with Gasteiger partial charge in [0.05, 0.1) is 19.2 Å². The smallest absolute Gasteiger partial charge is 0.159 e. The number of hydrogen-bond acceptors (Lipinski definition) is 6. The van der Waals surface area contributed by atoms with Crippen LogP contribution in [0.1, 0.15) is 24.3 Å². The van der Waals surface area contributed by atoms with Crippen molar-refractivity contribution in [1.82, 2.24) is 9.97 Å². The van der Waals surface area contributed by atoms with Crippen LogP contribution in [0, 0.1) is 0 Å². The Morgan fingerprint density at radius 3 is 2.54 bits per heavy atom. The van der Waals surface area contributed by atoms with E-state index in [0.29, 0.717) is 12.5 Å². The SMILES string of the molecule is COc1ccccc1C1CCN(c2ccc(-c3ncc4cc(N(C)CCO)ccc4n3)cc2)CC1. The second kappa shape index (κ2) is 10.3. The fourth-order valence-electron chi connectivity index (χ4n) is 4.95. The van der Waals surface area contributed by atoms with E-state index in [-0.39, 0.29) is 6.61 Å². The van der Waals surface area contributed by atoms with E-state index in [2.05, 4.69) is 58.4 Å². The maximum absolute atomic E-state index is 9.18. The van der Waals surface area contributed by atoms with E-state index >= 15 is 0 Å². The highest BCUT2D eigenvalue weighted by Gasteiger charge is 2.23. The van der Waals surface area contributed by atoms with Crippen molar-refractivity contribution in [3.05, 3.63) is 78.5 Å². The van der Waals surface area contributed by atoms with Crippen LogP contribution in [0.2, 0.25) is 0 Å². The highest BCUT2D eigenvalue weighted by atomic mass is 16.5. The van der Waals surface area contributed by atoms with Gasteiger partial charge in [-0.2, -0.15) is 0 Å². The van der Waals surface area contributed by atoms with Crippen LogP contribution < -0.4 is 14.5 Å². The molecule has 1 aliphatic rings. The van der Waals surface area contributed by atoms with Gasteiger partial charge in [0.1, 0.15) is 5.75 Å². The number of aliphatic hydroxyl groups is 1. The molecule has 0 aliphatic carbocycles. The third-order valence-electron chi connectivity index (χ3n) is 7.00. The van der Waals surface area contributed by atoms with Crippen molar-refractivity contribution in [2.75, 3.05) is 50.2 Å². The van der Waals surface area contributed by atoms with Crippen LogP contribution in [-0.4, -0.2) is 55.5 Å². The summed E-state index contributed by atoms with van der Waals surface area (Å²) in [6, 6.07) is 23.1. The van der Waals surface area contributed by atoms with E-state index in [1.54, 1.807) is 7.11 Å². The molecule has 6 heteroatoms. The predicted molar refractivity (Wildman–Crippen MR) is 143 cm³/mol. The minimum absolute atomic E-state index is 0.125. The maximum atomic E-state index is 9.18. The molecule has 0 radical (unpaired) electrons. The molecule has 5 rings (SSSR count). The molecule has 3 aromatic carbocycles. The number of anilines is 2. The second-order valence-corrected chi connectivity index (χ2v) is 9.13. The number of fused-ring (bicyclic) bond motifs is 1. The van der Waals surface area contributed by atoms with Gasteiger partial charge in [-0.15, -0.1) is 0 Å². The summed E-state index contributed by atoms with van der Waals surface area (Å²) in [5.74, 6) is 2.27. The Morgan fingerprint density at radius 1 is 1.03 bits per heavy atom. The molecule has 0 bridgehead atoms. The molecule has 35 heavy (non-hydrogen) atoms. The third kappa shape index (κ3) is 4.93. The number of hydrogen-bond donors (Lipinski definition) is 1. The number of aliphatic hydroxyl groups excluding tert-OH is 1. The average Bonchev–Trinajstić information content (AvgIpc) is 2.93. The van der Waals surface area contributed by atoms with E-state index in [9.17, 15) is 5.11 Å². The lowest BCUT2D eigenvalue weighted by Gasteiger charge is -2.34. The normalized spacial score (nSPS) is 14.3. The lowest BCUT2D eigenvalue weighted by molar-refractivity contribution is 0.304. The zero-order valence-corrected chi connectivity index (χ0v) is 20.4. The van der Waals surface area contributed by atoms with Crippen molar-refractivity contribution in [3.63, 3.8) is 0 Å². The lowest BCUT2D eigenvalue weighted by Crippen LogP contribution is -2.32. The van der Waals surface area contributed by atoms with Crippen molar-refractivity contribution in [1.29, 1.82) is 0 Å². The van der Waals surface area contributed by atoms with Crippen molar-refractivity contribution in [3.8, 4) is 17.1 Å². The Hall–Kier alpha value is -3.64. The van der Waals surface area contributed by atoms with E-state index in [1.807, 2.05) is 36.3 Å². The van der Waals surface area contributed by atoms with Gasteiger partial charge >= 0.3 is 0 Å². The summed E-state index contributed by atoms with van der Waals surface area (Å²) >= 11 is 0. The Labute approximate surface area is 206 Å². The topological polar surface area (TPSA) is 61.7 Å². The number of nitrogens with zero attached hydrogens (tertiary/aromatic N) is 4. The molecular weight excluding hydrogens is 436 g/mol. The summed E-state index contributed by atoms with van der Waals surface area (Å²) in [7, 11) is 3.72. The van der Waals surface area contributed by atoms with Gasteiger partial charge in [-0.1, -0.05) is 18.2 Å². The van der Waals surface area contributed by atoms with Crippen LogP contribution in [0.15, 0.2) is 72.9 Å². The first-order valence-corrected chi connectivity index (χ1v) is 12.2. The fraction of sp³-hybridized carbons (Fsp3) is 0.310. The first kappa shape index (κ1) is 23.1. The molecule has 0 spiro atoms. The van der Waals surface area contributed by atoms with E-state index in [1.165, 1.54) is 11.3 Å². The Kier molecular flexibility index (Phi) is 6.82. The number of likely N-dealkylation sites (N-methyl/N-ethyl adjacent to an activating group) is 1. The van der Waals surface area contributed by atoms with Crippen LogP contribution in [0.4, 0.5) is 11.4 Å². The standard InChI is InChI=1S/C29H32N4O2/c1-32(17-18-34)25-11-12-27-23(19-25)20-30-29(31-27)22-7-9-24(10-8-22)33-15-13-21(14-16-33)26-5-3-4-6-28(26)35-2/h3-12,19-21,34H,13-18H2,1-2H3. The molecule has 1 fully saturated rings. The van der Waals surface area contributed by atoms with Crippen LogP contribution in [-0.2, 0) is 0 Å². The molecule has 2 heterocycles. The van der Waals surface area contributed by atoms with E-state index in [4.69, 9.17) is 9.72 Å². The minimum atomic E-state index is 0.125. The Balaban J connectivity index is 1.27. The minimum Gasteiger partial charge on any atom is -0.496 e. The van der Waals surface area contributed by atoms with Crippen LogP contribution in [0.5, 0.6) is 5.75 Å². The molecule has 180 valence electrons. The number of rotatable bonds is 7. The Bertz CT molecular complexity index is 1280. The van der Waals surface area contributed by atoms with Gasteiger partial charge in [0.15, 0.2) is 5.82 Å². The number of aromatic nitrogens is 2. The second-order valence-electron chi connectivity index (χ2n) is 9.13. The van der Waals surface area contributed by atoms with Crippen LogP contribution >= 0.6 is 0 Å². The summed E-state index contributed by atoms with van der Waals surface area (Å²) in [6.45, 7) is 2.78. The molecule has 1 saturated heterocycles. The molecule has 0 amide bonds. The molecule has 0 atom stereocenters. The van der Waals surface area contributed by atoms with E-state index < -0.39 is 0 Å². The molecule has 6 nitrogen and oxygen atoms in total. The van der Waals surface area contributed by atoms with Crippen molar-refractivity contribution >= 4 is 22.3 Å². The molecular formula is C29H32N4O2. The first-order chi connectivity index (χ1) is 17.2. The average molecular weight is 469 g/mol. The summed E-state index contributed by atoms with van der Waals surface area (Å²) in [4.78, 5) is 13.9. The van der Waals surface area contributed by atoms with Crippen molar-refractivity contribution < 1.29 is 9.84 Å². The fourth-order valence-corrected chi connectivity index (χ4v) is 4.95. The summed E-state index contributed by atoms with van der Waals surface area (Å²) in [5.41, 5.74) is 5.54. The van der Waals surface area contributed by atoms with Gasteiger partial charge in [-0.3, -0.25) is 0 Å². The number of benzene rings is 3. The summed E-state index contributed by atoms with van der Waals surface area (Å²) in [6.07, 6.45) is 4.11. The number of methoxy groups -OCH3 is 1. The molecule has 0 saturated carbocycles. The lowest BCUT2D eigenvalue weighted by atomic mass is 9.88. The number of ether oxygens (including phenoxy) is 1. The summed E-state index contributed by atoms with van der Waals surface area (Å²) < 4.78 is 5.58. The third-order valence-corrected chi connectivity index (χ3v) is 7.00. The molecule has 1 N–H and O–H groups in total. The highest BCUT2D eigenvalue weighted by Crippen LogP contribution is 2.35. The summed E-state index contributed by atoms with van der Waals surface area (Å²) in [5, 5.41) is 10.2. The molecule has 0 unspecified atom stereocenters. The Morgan fingerprint density at radius 2 is 1.80 bits per heavy atom. The highest BCUT2D eigenvalue weighted by molar-refractivity contribution is 5.83. The zero-order valence-electron chi connectivity index (χ0n) is 20.4. The number of para-hydroxylation sites is 1. The van der Waals surface area contributed by atoms with Gasteiger partial charge in [0.25, 0.3) is 0 Å². The van der Waals surface area contributed by atoms with E-state index in [0.717, 1.165) is 59.7 Å². The largest absolute Gasteiger partial charge is 0.496 e. The van der Waals surface area contributed by atoms with Crippen LogP contribution in [0.3, 0.4) is 0 Å². The zero-order chi connectivity index (χ0) is 24.2. The van der Waals surface area contributed by atoms with Gasteiger partial charge in [0.2, 0.25) is 0 Å². The quantitative estimate of drug-likeness (QED) is 0.406.